The summed E-state index contributed by atoms with van der Waals surface area (Å²) in [5.74, 6) is -0.490. The Morgan fingerprint density at radius 1 is 1.33 bits per heavy atom. The molecule has 1 saturated heterocycles. The number of nitrogens with zero attached hydrogens (tertiary/aromatic N) is 4. The van der Waals surface area contributed by atoms with Crippen LogP contribution < -0.4 is 5.32 Å². The minimum absolute atomic E-state index is 0.123. The lowest BCUT2D eigenvalue weighted by molar-refractivity contribution is -0.144. The zero-order valence-corrected chi connectivity index (χ0v) is 15.1. The molecule has 2 heterocycles. The highest BCUT2D eigenvalue weighted by Crippen LogP contribution is 2.27. The van der Waals surface area contributed by atoms with E-state index in [0.29, 0.717) is 25.2 Å². The molecule has 24 heavy (non-hydrogen) atoms. The standard InChI is InChI=1S/C16H25N5O3/c1-15(2,3)21-9-11(17-10-22)12(18-21)13(23)20-8-7-19(6)14(24)16(20,4)5/h9-10H,7-8H2,1-6H3,(H,17,22). The van der Waals surface area contributed by atoms with Crippen molar-refractivity contribution in [2.45, 2.75) is 45.7 Å². The van der Waals surface area contributed by atoms with Crippen molar-refractivity contribution in [1.82, 2.24) is 19.6 Å². The van der Waals surface area contributed by atoms with Crippen molar-refractivity contribution in [2.75, 3.05) is 25.5 Å². The van der Waals surface area contributed by atoms with Crippen molar-refractivity contribution >= 4 is 23.9 Å². The van der Waals surface area contributed by atoms with Crippen LogP contribution in [0.4, 0.5) is 5.69 Å². The molecule has 1 aromatic rings. The van der Waals surface area contributed by atoms with E-state index in [1.165, 1.54) is 4.90 Å². The summed E-state index contributed by atoms with van der Waals surface area (Å²) in [7, 11) is 1.72. The Morgan fingerprint density at radius 2 is 1.96 bits per heavy atom. The first-order valence-corrected chi connectivity index (χ1v) is 7.88. The molecular weight excluding hydrogens is 310 g/mol. The van der Waals surface area contributed by atoms with E-state index in [1.54, 1.807) is 36.7 Å². The van der Waals surface area contributed by atoms with Crippen LogP contribution in [0.25, 0.3) is 0 Å². The number of anilines is 1. The van der Waals surface area contributed by atoms with Crippen molar-refractivity contribution in [3.05, 3.63) is 11.9 Å². The summed E-state index contributed by atoms with van der Waals surface area (Å²) >= 11 is 0. The maximum Gasteiger partial charge on any atom is 0.277 e. The summed E-state index contributed by atoms with van der Waals surface area (Å²) in [6.45, 7) is 10.2. The van der Waals surface area contributed by atoms with Gasteiger partial charge in [0.15, 0.2) is 5.69 Å². The molecule has 1 fully saturated rings. The van der Waals surface area contributed by atoms with E-state index in [-0.39, 0.29) is 23.0 Å². The van der Waals surface area contributed by atoms with Crippen LogP contribution in [0, 0.1) is 0 Å². The van der Waals surface area contributed by atoms with Gasteiger partial charge < -0.3 is 15.1 Å². The van der Waals surface area contributed by atoms with Crippen molar-refractivity contribution < 1.29 is 14.4 Å². The summed E-state index contributed by atoms with van der Waals surface area (Å²) in [4.78, 5) is 39.4. The van der Waals surface area contributed by atoms with Crippen molar-refractivity contribution in [2.24, 2.45) is 0 Å². The Hall–Kier alpha value is -2.38. The molecule has 132 valence electrons. The Balaban J connectivity index is 2.43. The smallest absolute Gasteiger partial charge is 0.277 e. The van der Waals surface area contributed by atoms with E-state index in [9.17, 15) is 14.4 Å². The molecule has 0 bridgehead atoms. The number of hydrogen-bond acceptors (Lipinski definition) is 4. The number of likely N-dealkylation sites (N-methyl/N-ethyl adjacent to an activating group) is 1. The van der Waals surface area contributed by atoms with Gasteiger partial charge in [-0.3, -0.25) is 19.1 Å². The molecule has 3 amide bonds. The summed E-state index contributed by atoms with van der Waals surface area (Å²) in [5, 5.41) is 6.89. The number of carbonyl (C=O) groups excluding carboxylic acids is 3. The lowest BCUT2D eigenvalue weighted by Crippen LogP contribution is -2.63. The van der Waals surface area contributed by atoms with E-state index < -0.39 is 5.54 Å². The molecule has 1 aliphatic rings. The third kappa shape index (κ3) is 3.00. The number of piperazine rings is 1. The average molecular weight is 335 g/mol. The SMILES string of the molecule is CN1CCN(C(=O)c2nn(C(C)(C)C)cc2NC=O)C(C)(C)C1=O. The van der Waals surface area contributed by atoms with Crippen molar-refractivity contribution in [1.29, 1.82) is 0 Å². The van der Waals surface area contributed by atoms with Gasteiger partial charge in [-0.15, -0.1) is 0 Å². The molecule has 0 atom stereocenters. The molecule has 8 heteroatoms. The fourth-order valence-corrected chi connectivity index (χ4v) is 2.74. The van der Waals surface area contributed by atoms with Crippen molar-refractivity contribution in [3.8, 4) is 0 Å². The van der Waals surface area contributed by atoms with Gasteiger partial charge in [0, 0.05) is 26.3 Å². The van der Waals surface area contributed by atoms with Gasteiger partial charge in [0.25, 0.3) is 5.91 Å². The number of hydrogen-bond donors (Lipinski definition) is 1. The highest BCUT2D eigenvalue weighted by Gasteiger charge is 2.44. The van der Waals surface area contributed by atoms with Gasteiger partial charge in [0.05, 0.1) is 11.2 Å². The Labute approximate surface area is 141 Å². The lowest BCUT2D eigenvalue weighted by atomic mass is 9.97. The predicted octanol–water partition coefficient (Wildman–Crippen LogP) is 0.899. The quantitative estimate of drug-likeness (QED) is 0.831. The number of nitrogens with one attached hydrogen (secondary N) is 1. The number of aromatic nitrogens is 2. The van der Waals surface area contributed by atoms with Crippen LogP contribution in [-0.2, 0) is 15.1 Å². The Bertz CT molecular complexity index is 672. The summed E-state index contributed by atoms with van der Waals surface area (Å²) in [5.41, 5.74) is -0.825. The van der Waals surface area contributed by atoms with Crippen LogP contribution in [0.2, 0.25) is 0 Å². The normalized spacial score (nSPS) is 17.8. The molecular formula is C16H25N5O3. The van der Waals surface area contributed by atoms with Crippen LogP contribution in [0.3, 0.4) is 0 Å². The topological polar surface area (TPSA) is 87.5 Å². The van der Waals surface area contributed by atoms with Gasteiger partial charge in [-0.05, 0) is 34.6 Å². The van der Waals surface area contributed by atoms with Gasteiger partial charge in [-0.25, -0.2) is 0 Å². The number of carbonyl (C=O) groups is 3. The molecule has 0 aromatic carbocycles. The van der Waals surface area contributed by atoms with Crippen LogP contribution in [0.5, 0.6) is 0 Å². The van der Waals surface area contributed by atoms with E-state index in [1.807, 2.05) is 20.8 Å². The van der Waals surface area contributed by atoms with E-state index >= 15 is 0 Å². The second-order valence-corrected chi connectivity index (χ2v) is 7.51. The summed E-state index contributed by atoms with van der Waals surface area (Å²) < 4.78 is 1.64. The Kier molecular flexibility index (Phi) is 4.43. The molecule has 0 unspecified atom stereocenters. The maximum absolute atomic E-state index is 13.0. The highest BCUT2D eigenvalue weighted by molar-refractivity contribution is 6.02. The average Bonchev–Trinajstić information content (AvgIpc) is 2.89. The first kappa shape index (κ1) is 18.0. The van der Waals surface area contributed by atoms with Gasteiger partial charge >= 0.3 is 0 Å². The second kappa shape index (κ2) is 5.92. The first-order valence-electron chi connectivity index (χ1n) is 7.88. The van der Waals surface area contributed by atoms with Crippen LogP contribution in [0.1, 0.15) is 45.1 Å². The maximum atomic E-state index is 13.0. The first-order chi connectivity index (χ1) is 11.0. The molecule has 0 aliphatic carbocycles. The molecule has 1 N–H and O–H groups in total. The van der Waals surface area contributed by atoms with E-state index in [4.69, 9.17) is 0 Å². The molecule has 0 saturated carbocycles. The van der Waals surface area contributed by atoms with Gasteiger partial charge in [0.2, 0.25) is 12.3 Å². The van der Waals surface area contributed by atoms with Crippen LogP contribution in [0.15, 0.2) is 6.20 Å². The zero-order chi connectivity index (χ0) is 18.3. The molecule has 1 aromatic heterocycles. The number of rotatable bonds is 3. The second-order valence-electron chi connectivity index (χ2n) is 7.51. The minimum Gasteiger partial charge on any atom is -0.342 e. The monoisotopic (exact) mass is 335 g/mol. The molecule has 2 rings (SSSR count). The molecule has 1 aliphatic heterocycles. The van der Waals surface area contributed by atoms with Crippen molar-refractivity contribution in [3.63, 3.8) is 0 Å². The number of amides is 3. The fourth-order valence-electron chi connectivity index (χ4n) is 2.74. The lowest BCUT2D eigenvalue weighted by Gasteiger charge is -2.44. The fraction of sp³-hybridized carbons (Fsp3) is 0.625. The van der Waals surface area contributed by atoms with E-state index in [0.717, 1.165) is 0 Å². The summed E-state index contributed by atoms with van der Waals surface area (Å²) in [6, 6.07) is 0. The molecule has 0 radical (unpaired) electrons. The molecule has 0 spiro atoms. The zero-order valence-electron chi connectivity index (χ0n) is 15.1. The highest BCUT2D eigenvalue weighted by atomic mass is 16.2. The Morgan fingerprint density at radius 3 is 2.50 bits per heavy atom. The van der Waals surface area contributed by atoms with Crippen LogP contribution >= 0.6 is 0 Å². The summed E-state index contributed by atoms with van der Waals surface area (Å²) in [6.07, 6.45) is 2.15. The third-order valence-corrected chi connectivity index (χ3v) is 4.27. The van der Waals surface area contributed by atoms with E-state index in [2.05, 4.69) is 10.4 Å². The molecule has 8 nitrogen and oxygen atoms in total. The largest absolute Gasteiger partial charge is 0.342 e. The van der Waals surface area contributed by atoms with Gasteiger partial charge in [-0.1, -0.05) is 0 Å². The van der Waals surface area contributed by atoms with Gasteiger partial charge in [0.1, 0.15) is 5.54 Å². The van der Waals surface area contributed by atoms with Crippen LogP contribution in [-0.4, -0.2) is 63.5 Å². The predicted molar refractivity (Wildman–Crippen MR) is 89.7 cm³/mol. The van der Waals surface area contributed by atoms with Gasteiger partial charge in [-0.2, -0.15) is 5.10 Å². The third-order valence-electron chi connectivity index (χ3n) is 4.27. The minimum atomic E-state index is -0.964.